The van der Waals surface area contributed by atoms with Crippen molar-refractivity contribution in [2.45, 2.75) is 38.5 Å². The van der Waals surface area contributed by atoms with Gasteiger partial charge in [-0.25, -0.2) is 0 Å². The molecule has 0 amide bonds. The molecule has 0 heterocycles. The molecule has 0 saturated carbocycles. The molecular formula is C60H49N. The van der Waals surface area contributed by atoms with E-state index in [0.29, 0.717) is 0 Å². The second-order valence-corrected chi connectivity index (χ2v) is 17.5. The SMILES string of the molecule is CC1(C)c2ccccc2-c2ccc(/C=C/c3ccc(N(c4ccc(/C=C/c5ccccc5)cc4)c4ccc5c(c4)C(C)(C)c4cc(/C=C/c6ccccc6)ccc4-5)cc3)cc21. The average molecular weight is 784 g/mol. The average Bonchev–Trinajstić information content (AvgIpc) is 3.67. The van der Waals surface area contributed by atoms with Gasteiger partial charge in [-0.05, 0) is 114 Å². The Balaban J connectivity index is 0.970. The Bertz CT molecular complexity index is 2980. The molecule has 0 spiro atoms. The summed E-state index contributed by atoms with van der Waals surface area (Å²) in [5, 5.41) is 0. The van der Waals surface area contributed by atoms with Crippen LogP contribution in [0.5, 0.6) is 0 Å². The molecule has 0 bridgehead atoms. The Labute approximate surface area is 361 Å². The molecule has 2 aliphatic carbocycles. The van der Waals surface area contributed by atoms with E-state index in [-0.39, 0.29) is 10.8 Å². The molecular weight excluding hydrogens is 735 g/mol. The van der Waals surface area contributed by atoms with Crippen LogP contribution in [0.25, 0.3) is 58.7 Å². The van der Waals surface area contributed by atoms with Crippen molar-refractivity contribution in [2.75, 3.05) is 4.90 Å². The molecule has 294 valence electrons. The maximum Gasteiger partial charge on any atom is 0.0465 e. The molecule has 8 aromatic carbocycles. The van der Waals surface area contributed by atoms with Crippen LogP contribution in [0.15, 0.2) is 188 Å². The number of hydrogen-bond acceptors (Lipinski definition) is 1. The molecule has 0 aromatic heterocycles. The van der Waals surface area contributed by atoms with Crippen LogP contribution in [-0.2, 0) is 10.8 Å². The van der Waals surface area contributed by atoms with Crippen LogP contribution in [-0.4, -0.2) is 0 Å². The molecule has 1 heteroatoms. The predicted molar refractivity (Wildman–Crippen MR) is 262 cm³/mol. The van der Waals surface area contributed by atoms with Crippen molar-refractivity contribution in [3.8, 4) is 22.3 Å². The second kappa shape index (κ2) is 15.4. The smallest absolute Gasteiger partial charge is 0.0465 e. The molecule has 0 saturated heterocycles. The van der Waals surface area contributed by atoms with Gasteiger partial charge in [-0.1, -0.05) is 216 Å². The van der Waals surface area contributed by atoms with E-state index in [1.807, 2.05) is 0 Å². The fraction of sp³-hybridized carbons (Fsp3) is 0.100. The van der Waals surface area contributed by atoms with Gasteiger partial charge in [0.25, 0.3) is 0 Å². The highest BCUT2D eigenvalue weighted by Gasteiger charge is 2.37. The number of nitrogens with zero attached hydrogens (tertiary/aromatic N) is 1. The van der Waals surface area contributed by atoms with Crippen molar-refractivity contribution < 1.29 is 0 Å². The van der Waals surface area contributed by atoms with E-state index < -0.39 is 0 Å². The minimum absolute atomic E-state index is 0.0182. The van der Waals surface area contributed by atoms with Crippen LogP contribution in [0, 0.1) is 0 Å². The molecule has 0 fully saturated rings. The third kappa shape index (κ3) is 7.17. The number of rotatable bonds is 9. The topological polar surface area (TPSA) is 3.24 Å². The third-order valence-electron chi connectivity index (χ3n) is 12.9. The van der Waals surface area contributed by atoms with Gasteiger partial charge < -0.3 is 4.90 Å². The maximum atomic E-state index is 2.42. The summed E-state index contributed by atoms with van der Waals surface area (Å²) in [7, 11) is 0. The number of fused-ring (bicyclic) bond motifs is 6. The van der Waals surface area contributed by atoms with E-state index in [1.54, 1.807) is 0 Å². The van der Waals surface area contributed by atoms with Gasteiger partial charge >= 0.3 is 0 Å². The molecule has 10 rings (SSSR count). The Morgan fingerprint density at radius 3 is 1.10 bits per heavy atom. The van der Waals surface area contributed by atoms with E-state index >= 15 is 0 Å². The maximum absolute atomic E-state index is 2.42. The zero-order chi connectivity index (χ0) is 41.6. The van der Waals surface area contributed by atoms with E-state index in [2.05, 4.69) is 257 Å². The summed E-state index contributed by atoms with van der Waals surface area (Å²) in [4.78, 5) is 2.39. The van der Waals surface area contributed by atoms with Gasteiger partial charge in [0.1, 0.15) is 0 Å². The lowest BCUT2D eigenvalue weighted by molar-refractivity contribution is 0.660. The van der Waals surface area contributed by atoms with Gasteiger partial charge in [0.2, 0.25) is 0 Å². The molecule has 0 aliphatic heterocycles. The van der Waals surface area contributed by atoms with Crippen molar-refractivity contribution in [3.63, 3.8) is 0 Å². The van der Waals surface area contributed by atoms with Crippen LogP contribution in [0.4, 0.5) is 17.1 Å². The third-order valence-corrected chi connectivity index (χ3v) is 12.9. The first-order valence-corrected chi connectivity index (χ1v) is 21.4. The van der Waals surface area contributed by atoms with Crippen molar-refractivity contribution in [1.29, 1.82) is 0 Å². The highest BCUT2D eigenvalue weighted by atomic mass is 15.1. The summed E-state index contributed by atoms with van der Waals surface area (Å²) in [6.07, 6.45) is 13.3. The molecule has 0 unspecified atom stereocenters. The Morgan fingerprint density at radius 2 is 0.607 bits per heavy atom. The van der Waals surface area contributed by atoms with Crippen LogP contribution >= 0.6 is 0 Å². The zero-order valence-electron chi connectivity index (χ0n) is 35.3. The van der Waals surface area contributed by atoms with Crippen molar-refractivity contribution in [2.24, 2.45) is 0 Å². The first-order valence-electron chi connectivity index (χ1n) is 21.4. The fourth-order valence-electron chi connectivity index (χ4n) is 9.43. The van der Waals surface area contributed by atoms with Gasteiger partial charge in [0, 0.05) is 27.9 Å². The quantitative estimate of drug-likeness (QED) is 0.132. The molecule has 2 aliphatic rings. The van der Waals surface area contributed by atoms with Gasteiger partial charge in [-0.15, -0.1) is 0 Å². The highest BCUT2D eigenvalue weighted by Crippen LogP contribution is 2.52. The Hall–Kier alpha value is -7.22. The van der Waals surface area contributed by atoms with E-state index in [0.717, 1.165) is 28.2 Å². The molecule has 8 aromatic rings. The fourth-order valence-corrected chi connectivity index (χ4v) is 9.43. The number of hydrogen-bond donors (Lipinski definition) is 0. The summed E-state index contributed by atoms with van der Waals surface area (Å²) in [5.41, 5.74) is 21.2. The summed E-state index contributed by atoms with van der Waals surface area (Å²) in [5.74, 6) is 0. The monoisotopic (exact) mass is 783 g/mol. The lowest BCUT2D eigenvalue weighted by Gasteiger charge is -2.28. The zero-order valence-corrected chi connectivity index (χ0v) is 35.3. The van der Waals surface area contributed by atoms with Gasteiger partial charge in [0.15, 0.2) is 0 Å². The molecule has 1 nitrogen and oxygen atoms in total. The Kier molecular flexibility index (Phi) is 9.61. The van der Waals surface area contributed by atoms with E-state index in [4.69, 9.17) is 0 Å². The van der Waals surface area contributed by atoms with Crippen molar-refractivity contribution in [1.82, 2.24) is 0 Å². The highest BCUT2D eigenvalue weighted by molar-refractivity contribution is 5.88. The van der Waals surface area contributed by atoms with Gasteiger partial charge in [0.05, 0.1) is 0 Å². The standard InChI is InChI=1S/C60H49N/c1-59(2)55-18-12-11-17-51(55)52-36-29-47(39-56(52)59)24-22-45-27-33-49(34-28-45)61(48-31-25-44(26-32-48)20-19-42-13-7-5-8-14-42)50-35-38-54-53-37-30-46(23-21-43-15-9-6-10-16-43)40-57(53)60(3,4)58(54)41-50/h5-41H,1-4H3/b20-19+,23-21+,24-22+. The van der Waals surface area contributed by atoms with Crippen LogP contribution in [0.2, 0.25) is 0 Å². The van der Waals surface area contributed by atoms with Crippen LogP contribution in [0.3, 0.4) is 0 Å². The summed E-state index contributed by atoms with van der Waals surface area (Å²) in [6.45, 7) is 9.42. The minimum Gasteiger partial charge on any atom is -0.310 e. The molecule has 0 N–H and O–H groups in total. The minimum atomic E-state index is -0.167. The normalized spacial score (nSPS) is 14.3. The largest absolute Gasteiger partial charge is 0.310 e. The lowest BCUT2D eigenvalue weighted by atomic mass is 9.81. The first-order chi connectivity index (χ1) is 29.7. The van der Waals surface area contributed by atoms with E-state index in [1.165, 1.54) is 66.8 Å². The van der Waals surface area contributed by atoms with Crippen LogP contribution < -0.4 is 4.90 Å². The lowest BCUT2D eigenvalue weighted by Crippen LogP contribution is -2.16. The summed E-state index contributed by atoms with van der Waals surface area (Å²) < 4.78 is 0. The van der Waals surface area contributed by atoms with Gasteiger partial charge in [-0.3, -0.25) is 0 Å². The number of benzene rings is 8. The van der Waals surface area contributed by atoms with Crippen molar-refractivity contribution in [3.05, 3.63) is 244 Å². The predicted octanol–water partition coefficient (Wildman–Crippen LogP) is 16.3. The summed E-state index contributed by atoms with van der Waals surface area (Å²) >= 11 is 0. The molecule has 61 heavy (non-hydrogen) atoms. The summed E-state index contributed by atoms with van der Waals surface area (Å²) in [6, 6.07) is 68.6. The van der Waals surface area contributed by atoms with E-state index in [9.17, 15) is 0 Å². The number of anilines is 3. The first kappa shape index (κ1) is 38.0. The van der Waals surface area contributed by atoms with Gasteiger partial charge in [-0.2, -0.15) is 0 Å². The van der Waals surface area contributed by atoms with Crippen molar-refractivity contribution >= 4 is 53.5 Å². The molecule has 0 radical (unpaired) electrons. The second-order valence-electron chi connectivity index (χ2n) is 17.5. The molecule has 0 atom stereocenters. The van der Waals surface area contributed by atoms with Crippen LogP contribution in [0.1, 0.15) is 83.3 Å². The Morgan fingerprint density at radius 1 is 0.279 bits per heavy atom.